The first-order valence-electron chi connectivity index (χ1n) is 3.60. The molecule has 11 heavy (non-hydrogen) atoms. The van der Waals surface area contributed by atoms with Crippen molar-refractivity contribution in [3.8, 4) is 0 Å². The van der Waals surface area contributed by atoms with Crippen molar-refractivity contribution in [2.24, 2.45) is 0 Å². The van der Waals surface area contributed by atoms with Crippen molar-refractivity contribution in [3.63, 3.8) is 0 Å². The minimum atomic E-state index is 0.831. The summed E-state index contributed by atoms with van der Waals surface area (Å²) in [5.41, 5.74) is 2.40. The van der Waals surface area contributed by atoms with Gasteiger partial charge in [-0.25, -0.2) is 0 Å². The molecule has 0 spiro atoms. The molecule has 0 aliphatic heterocycles. The second-order valence-corrected chi connectivity index (χ2v) is 2.98. The lowest BCUT2D eigenvalue weighted by Crippen LogP contribution is -1.82. The van der Waals surface area contributed by atoms with Gasteiger partial charge in [0.15, 0.2) is 0 Å². The Balaban J connectivity index is 2.95. The van der Waals surface area contributed by atoms with Crippen molar-refractivity contribution in [2.45, 2.75) is 13.3 Å². The highest BCUT2D eigenvalue weighted by molar-refractivity contribution is 6.31. The molecule has 0 radical (unpaired) electrons. The van der Waals surface area contributed by atoms with Crippen LogP contribution < -0.4 is 0 Å². The van der Waals surface area contributed by atoms with Gasteiger partial charge in [0.05, 0.1) is 0 Å². The van der Waals surface area contributed by atoms with Gasteiger partial charge >= 0.3 is 0 Å². The average molecular weight is 167 g/mol. The zero-order valence-corrected chi connectivity index (χ0v) is 7.36. The van der Waals surface area contributed by atoms with Crippen molar-refractivity contribution in [3.05, 3.63) is 47.0 Å². The Labute approximate surface area is 72.5 Å². The largest absolute Gasteiger partial charge is 0.103 e. The summed E-state index contributed by atoms with van der Waals surface area (Å²) in [5.74, 6) is 0. The maximum absolute atomic E-state index is 5.85. The summed E-state index contributed by atoms with van der Waals surface area (Å²) in [7, 11) is 0. The molecule has 0 aromatic heterocycles. The van der Waals surface area contributed by atoms with Gasteiger partial charge in [0.1, 0.15) is 0 Å². The minimum absolute atomic E-state index is 0.831. The molecule has 1 rings (SSSR count). The smallest absolute Gasteiger partial charge is 0.0435 e. The normalized spacial score (nSPS) is 9.64. The lowest BCUT2D eigenvalue weighted by molar-refractivity contribution is 1.25. The fourth-order valence-corrected chi connectivity index (χ4v) is 1.12. The van der Waals surface area contributed by atoms with E-state index in [-0.39, 0.29) is 0 Å². The topological polar surface area (TPSA) is 0 Å². The molecule has 0 saturated carbocycles. The minimum Gasteiger partial charge on any atom is -0.103 e. The van der Waals surface area contributed by atoms with Crippen LogP contribution in [0.4, 0.5) is 0 Å². The van der Waals surface area contributed by atoms with Gasteiger partial charge in [-0.05, 0) is 30.5 Å². The van der Waals surface area contributed by atoms with Crippen molar-refractivity contribution in [2.75, 3.05) is 0 Å². The highest BCUT2D eigenvalue weighted by atomic mass is 35.5. The molecule has 0 N–H and O–H groups in total. The van der Waals surface area contributed by atoms with Crippen LogP contribution in [0.1, 0.15) is 11.1 Å². The Morgan fingerprint density at radius 1 is 1.55 bits per heavy atom. The molecule has 1 aromatic carbocycles. The predicted octanol–water partition coefficient (Wildman–Crippen LogP) is 3.38. The third-order valence-corrected chi connectivity index (χ3v) is 2.03. The number of aryl methyl sites for hydroxylation is 1. The number of hydrogen-bond acceptors (Lipinski definition) is 0. The quantitative estimate of drug-likeness (QED) is 0.591. The first-order chi connectivity index (χ1) is 5.24. The maximum Gasteiger partial charge on any atom is 0.0435 e. The van der Waals surface area contributed by atoms with Gasteiger partial charge in [-0.3, -0.25) is 0 Å². The van der Waals surface area contributed by atoms with Crippen LogP contribution in [0.5, 0.6) is 0 Å². The van der Waals surface area contributed by atoms with Gasteiger partial charge in [0.25, 0.3) is 0 Å². The molecule has 0 fully saturated rings. The Bertz CT molecular complexity index is 264. The monoisotopic (exact) mass is 166 g/mol. The number of hydrogen-bond donors (Lipinski definition) is 0. The molecular weight excluding hydrogens is 156 g/mol. The third-order valence-electron chi connectivity index (χ3n) is 1.60. The second-order valence-electron chi connectivity index (χ2n) is 2.58. The van der Waals surface area contributed by atoms with E-state index in [1.807, 2.05) is 25.1 Å². The molecule has 0 amide bonds. The molecular formula is C10H11Cl. The van der Waals surface area contributed by atoms with Crippen LogP contribution in [0.25, 0.3) is 0 Å². The second kappa shape index (κ2) is 3.59. The van der Waals surface area contributed by atoms with E-state index in [9.17, 15) is 0 Å². The standard InChI is InChI=1S/C10H11Cl/c1-3-4-9-5-6-10(11)8(2)7-9/h3,5-7H,1,4H2,2H3. The molecule has 0 saturated heterocycles. The zero-order valence-electron chi connectivity index (χ0n) is 6.60. The molecule has 0 unspecified atom stereocenters. The fraction of sp³-hybridized carbons (Fsp3) is 0.200. The van der Waals surface area contributed by atoms with Gasteiger partial charge in [0.2, 0.25) is 0 Å². The molecule has 0 heterocycles. The number of allylic oxidation sites excluding steroid dienone is 1. The van der Waals surface area contributed by atoms with Gasteiger partial charge < -0.3 is 0 Å². The molecule has 0 bridgehead atoms. The van der Waals surface area contributed by atoms with Gasteiger partial charge in [-0.2, -0.15) is 0 Å². The van der Waals surface area contributed by atoms with Gasteiger partial charge in [0, 0.05) is 5.02 Å². The number of benzene rings is 1. The van der Waals surface area contributed by atoms with Crippen LogP contribution in [0, 0.1) is 6.92 Å². The number of halogens is 1. The van der Waals surface area contributed by atoms with Crippen LogP contribution >= 0.6 is 11.6 Å². The summed E-state index contributed by atoms with van der Waals surface area (Å²) >= 11 is 5.85. The van der Waals surface area contributed by atoms with E-state index in [0.717, 1.165) is 17.0 Å². The summed E-state index contributed by atoms with van der Waals surface area (Å²) < 4.78 is 0. The van der Waals surface area contributed by atoms with Crippen molar-refractivity contribution in [1.82, 2.24) is 0 Å². The van der Waals surface area contributed by atoms with E-state index in [1.54, 1.807) is 0 Å². The Morgan fingerprint density at radius 3 is 2.82 bits per heavy atom. The highest BCUT2D eigenvalue weighted by Crippen LogP contribution is 2.16. The van der Waals surface area contributed by atoms with Crippen molar-refractivity contribution in [1.29, 1.82) is 0 Å². The van der Waals surface area contributed by atoms with E-state index < -0.39 is 0 Å². The van der Waals surface area contributed by atoms with E-state index in [1.165, 1.54) is 5.56 Å². The summed E-state index contributed by atoms with van der Waals surface area (Å²) in [4.78, 5) is 0. The zero-order chi connectivity index (χ0) is 8.27. The average Bonchev–Trinajstić information content (AvgIpc) is 1.98. The molecule has 0 aliphatic carbocycles. The number of rotatable bonds is 2. The maximum atomic E-state index is 5.85. The third kappa shape index (κ3) is 2.09. The van der Waals surface area contributed by atoms with Crippen molar-refractivity contribution < 1.29 is 0 Å². The summed E-state index contributed by atoms with van der Waals surface area (Å²) in [5, 5.41) is 0.831. The molecule has 0 atom stereocenters. The lowest BCUT2D eigenvalue weighted by atomic mass is 10.1. The molecule has 0 nitrogen and oxygen atoms in total. The first-order valence-corrected chi connectivity index (χ1v) is 3.98. The summed E-state index contributed by atoms with van der Waals surface area (Å²) in [6.45, 7) is 5.68. The molecule has 58 valence electrons. The predicted molar refractivity (Wildman–Crippen MR) is 50.1 cm³/mol. The molecule has 1 heteroatoms. The summed E-state index contributed by atoms with van der Waals surface area (Å²) in [6.07, 6.45) is 2.81. The fourth-order valence-electron chi connectivity index (χ4n) is 1.00. The van der Waals surface area contributed by atoms with E-state index >= 15 is 0 Å². The highest BCUT2D eigenvalue weighted by Gasteiger charge is 1.94. The van der Waals surface area contributed by atoms with Crippen LogP contribution in [-0.2, 0) is 6.42 Å². The lowest BCUT2D eigenvalue weighted by Gasteiger charge is -2.00. The SMILES string of the molecule is C=CCc1ccc(Cl)c(C)c1. The van der Waals surface area contributed by atoms with Gasteiger partial charge in [-0.15, -0.1) is 6.58 Å². The van der Waals surface area contributed by atoms with Crippen LogP contribution in [0.2, 0.25) is 5.02 Å². The summed E-state index contributed by atoms with van der Waals surface area (Å²) in [6, 6.07) is 6.04. The Morgan fingerprint density at radius 2 is 2.27 bits per heavy atom. The van der Waals surface area contributed by atoms with Crippen molar-refractivity contribution >= 4 is 11.6 Å². The van der Waals surface area contributed by atoms with E-state index in [0.29, 0.717) is 0 Å². The Hall–Kier alpha value is -0.750. The van der Waals surface area contributed by atoms with E-state index in [2.05, 4.69) is 12.6 Å². The molecule has 0 aliphatic rings. The van der Waals surface area contributed by atoms with Crippen LogP contribution in [0.15, 0.2) is 30.9 Å². The molecule has 1 aromatic rings. The Kier molecular flexibility index (Phi) is 2.72. The van der Waals surface area contributed by atoms with Crippen LogP contribution in [0.3, 0.4) is 0 Å². The van der Waals surface area contributed by atoms with Gasteiger partial charge in [-0.1, -0.05) is 29.8 Å². The first kappa shape index (κ1) is 8.35. The van der Waals surface area contributed by atoms with E-state index in [4.69, 9.17) is 11.6 Å². The van der Waals surface area contributed by atoms with Crippen LogP contribution in [-0.4, -0.2) is 0 Å².